The second-order valence-electron chi connectivity index (χ2n) is 9.45. The zero-order valence-electron chi connectivity index (χ0n) is 20.7. The lowest BCUT2D eigenvalue weighted by molar-refractivity contribution is -0.139. The summed E-state index contributed by atoms with van der Waals surface area (Å²) in [5.74, 6) is 5.65. The molecule has 1 saturated heterocycles. The number of pyridine rings is 1. The van der Waals surface area contributed by atoms with Crippen molar-refractivity contribution in [2.75, 3.05) is 26.7 Å². The van der Waals surface area contributed by atoms with Crippen LogP contribution in [0.1, 0.15) is 42.9 Å². The Morgan fingerprint density at radius 2 is 2.11 bits per heavy atom. The van der Waals surface area contributed by atoms with Crippen LogP contribution in [0.25, 0.3) is 10.9 Å². The van der Waals surface area contributed by atoms with Gasteiger partial charge in [-0.15, -0.1) is 0 Å². The molecule has 194 valence electrons. The number of ether oxygens (including phenoxy) is 1. The van der Waals surface area contributed by atoms with Gasteiger partial charge in [-0.3, -0.25) is 14.7 Å². The summed E-state index contributed by atoms with van der Waals surface area (Å²) in [5, 5.41) is 21.4. The molecule has 0 amide bonds. The SMILES string of the molecule is COc1ccc2nccc([C@H](O)CC[C@@H]3CCN(CC#Cc4ccc(F)c(Cl)c4)C[C@@H]3CC(=O)O)c2c1. The third-order valence-electron chi connectivity index (χ3n) is 7.02. The lowest BCUT2D eigenvalue weighted by Gasteiger charge is -2.37. The minimum atomic E-state index is -0.823. The molecule has 3 atom stereocenters. The van der Waals surface area contributed by atoms with Gasteiger partial charge >= 0.3 is 5.97 Å². The molecule has 3 aromatic rings. The van der Waals surface area contributed by atoms with Gasteiger partial charge in [0.05, 0.1) is 30.3 Å². The summed E-state index contributed by atoms with van der Waals surface area (Å²) >= 11 is 5.82. The molecule has 0 saturated carbocycles. The lowest BCUT2D eigenvalue weighted by Crippen LogP contribution is -2.41. The van der Waals surface area contributed by atoms with Crippen LogP contribution < -0.4 is 4.74 Å². The number of methoxy groups -OCH3 is 1. The Balaban J connectivity index is 1.39. The van der Waals surface area contributed by atoms with Crippen LogP contribution in [0.4, 0.5) is 4.39 Å². The molecule has 1 aliphatic heterocycles. The van der Waals surface area contributed by atoms with E-state index in [0.717, 1.165) is 35.9 Å². The molecule has 0 aliphatic carbocycles. The second kappa shape index (κ2) is 12.4. The molecule has 2 aromatic carbocycles. The molecule has 1 fully saturated rings. The molecule has 2 heterocycles. The number of carboxylic acid groups (broad SMARTS) is 1. The Hall–Kier alpha value is -3.18. The molecule has 37 heavy (non-hydrogen) atoms. The number of hydrogen-bond acceptors (Lipinski definition) is 5. The maximum atomic E-state index is 13.3. The van der Waals surface area contributed by atoms with Gasteiger partial charge in [0.2, 0.25) is 0 Å². The van der Waals surface area contributed by atoms with E-state index < -0.39 is 17.9 Å². The van der Waals surface area contributed by atoms with E-state index in [1.807, 2.05) is 24.3 Å². The summed E-state index contributed by atoms with van der Waals surface area (Å²) in [5.41, 5.74) is 2.23. The highest BCUT2D eigenvalue weighted by Crippen LogP contribution is 2.34. The van der Waals surface area contributed by atoms with Crippen LogP contribution in [-0.4, -0.2) is 52.8 Å². The average molecular weight is 525 g/mol. The predicted octanol–water partition coefficient (Wildman–Crippen LogP) is 5.31. The number of aliphatic carboxylic acids is 1. The number of carboxylic acids is 1. The Morgan fingerprint density at radius 3 is 2.86 bits per heavy atom. The van der Waals surface area contributed by atoms with E-state index in [2.05, 4.69) is 21.7 Å². The molecular weight excluding hydrogens is 495 g/mol. The van der Waals surface area contributed by atoms with Crippen molar-refractivity contribution >= 4 is 28.5 Å². The molecule has 0 spiro atoms. The Morgan fingerprint density at radius 1 is 1.27 bits per heavy atom. The fraction of sp³-hybridized carbons (Fsp3) is 0.379. The van der Waals surface area contributed by atoms with Gasteiger partial charge in [-0.2, -0.15) is 0 Å². The van der Waals surface area contributed by atoms with Crippen LogP contribution in [-0.2, 0) is 4.79 Å². The average Bonchev–Trinajstić information content (AvgIpc) is 2.89. The third-order valence-corrected chi connectivity index (χ3v) is 7.31. The first-order valence-electron chi connectivity index (χ1n) is 12.3. The predicted molar refractivity (Wildman–Crippen MR) is 141 cm³/mol. The van der Waals surface area contributed by atoms with E-state index in [1.54, 1.807) is 19.4 Å². The summed E-state index contributed by atoms with van der Waals surface area (Å²) in [6, 6.07) is 11.8. The first-order chi connectivity index (χ1) is 17.8. The van der Waals surface area contributed by atoms with E-state index in [-0.39, 0.29) is 23.3 Å². The van der Waals surface area contributed by atoms with Crippen molar-refractivity contribution in [2.45, 2.75) is 31.8 Å². The minimum Gasteiger partial charge on any atom is -0.497 e. The number of benzene rings is 2. The first-order valence-corrected chi connectivity index (χ1v) is 12.7. The molecule has 0 radical (unpaired) electrons. The normalized spacial score (nSPS) is 18.7. The van der Waals surface area contributed by atoms with Crippen LogP contribution in [0.5, 0.6) is 5.75 Å². The fourth-order valence-corrected chi connectivity index (χ4v) is 5.23. The monoisotopic (exact) mass is 524 g/mol. The lowest BCUT2D eigenvalue weighted by atomic mass is 9.79. The van der Waals surface area contributed by atoms with Gasteiger partial charge < -0.3 is 14.9 Å². The summed E-state index contributed by atoms with van der Waals surface area (Å²) in [4.78, 5) is 18.1. The maximum Gasteiger partial charge on any atom is 0.303 e. The summed E-state index contributed by atoms with van der Waals surface area (Å²) in [7, 11) is 1.60. The van der Waals surface area contributed by atoms with Gasteiger partial charge in [-0.05, 0) is 85.7 Å². The van der Waals surface area contributed by atoms with Crippen LogP contribution in [0.2, 0.25) is 5.02 Å². The smallest absolute Gasteiger partial charge is 0.303 e. The number of piperidine rings is 1. The molecule has 6 nitrogen and oxygen atoms in total. The number of aromatic nitrogens is 1. The number of rotatable bonds is 8. The second-order valence-corrected chi connectivity index (χ2v) is 9.86. The maximum absolute atomic E-state index is 13.3. The summed E-state index contributed by atoms with van der Waals surface area (Å²) in [6.07, 6.45) is 3.17. The summed E-state index contributed by atoms with van der Waals surface area (Å²) in [6.45, 7) is 1.91. The Kier molecular flexibility index (Phi) is 8.99. The standard InChI is InChI=1S/C29H30ClFN2O4/c1-37-22-6-8-27-24(17-22)23(10-12-32-27)28(34)9-5-20-11-14-33(18-21(20)16-29(35)36)13-2-3-19-4-7-26(31)25(30)15-19/h4,6-8,10,12,15,17,20-21,28,34H,5,9,11,13-14,16,18H2,1H3,(H,35,36)/t20-,21+,28-/m1/s1. The van der Waals surface area contributed by atoms with Gasteiger partial charge in [-0.25, -0.2) is 4.39 Å². The summed E-state index contributed by atoms with van der Waals surface area (Å²) < 4.78 is 18.7. The Bertz CT molecular complexity index is 1320. The number of aliphatic hydroxyl groups excluding tert-OH is 1. The van der Waals surface area contributed by atoms with E-state index in [0.29, 0.717) is 30.8 Å². The third kappa shape index (κ3) is 6.98. The van der Waals surface area contributed by atoms with Crippen molar-refractivity contribution in [3.8, 4) is 17.6 Å². The van der Waals surface area contributed by atoms with E-state index in [1.165, 1.54) is 12.1 Å². The van der Waals surface area contributed by atoms with Gasteiger partial charge in [0.25, 0.3) is 0 Å². The zero-order valence-corrected chi connectivity index (χ0v) is 21.4. The van der Waals surface area contributed by atoms with Crippen LogP contribution >= 0.6 is 11.6 Å². The highest BCUT2D eigenvalue weighted by Gasteiger charge is 2.31. The number of likely N-dealkylation sites (tertiary alicyclic amines) is 1. The van der Waals surface area contributed by atoms with E-state index >= 15 is 0 Å². The molecule has 1 aliphatic rings. The van der Waals surface area contributed by atoms with Crippen LogP contribution in [0.3, 0.4) is 0 Å². The van der Waals surface area contributed by atoms with Crippen LogP contribution in [0.15, 0.2) is 48.7 Å². The largest absolute Gasteiger partial charge is 0.497 e. The molecule has 2 N–H and O–H groups in total. The van der Waals surface area contributed by atoms with Crippen molar-refractivity contribution in [3.63, 3.8) is 0 Å². The molecular formula is C29H30ClFN2O4. The first kappa shape index (κ1) is 26.9. The quantitative estimate of drug-likeness (QED) is 0.388. The van der Waals surface area contributed by atoms with E-state index in [4.69, 9.17) is 16.3 Å². The minimum absolute atomic E-state index is 0.0326. The van der Waals surface area contributed by atoms with Crippen molar-refractivity contribution < 1.29 is 24.1 Å². The van der Waals surface area contributed by atoms with Crippen molar-refractivity contribution in [3.05, 3.63) is 70.6 Å². The number of aliphatic hydroxyl groups is 1. The van der Waals surface area contributed by atoms with Crippen molar-refractivity contribution in [1.29, 1.82) is 0 Å². The van der Waals surface area contributed by atoms with Gasteiger partial charge in [0.1, 0.15) is 11.6 Å². The van der Waals surface area contributed by atoms with Gasteiger partial charge in [-0.1, -0.05) is 23.4 Å². The van der Waals surface area contributed by atoms with Crippen molar-refractivity contribution in [2.24, 2.45) is 11.8 Å². The number of nitrogens with zero attached hydrogens (tertiary/aromatic N) is 2. The molecule has 0 unspecified atom stereocenters. The molecule has 0 bridgehead atoms. The van der Waals surface area contributed by atoms with Crippen molar-refractivity contribution in [1.82, 2.24) is 9.88 Å². The zero-order chi connectivity index (χ0) is 26.4. The highest BCUT2D eigenvalue weighted by molar-refractivity contribution is 6.30. The van der Waals surface area contributed by atoms with Gasteiger partial charge in [0, 0.05) is 30.1 Å². The van der Waals surface area contributed by atoms with Crippen LogP contribution in [0, 0.1) is 29.5 Å². The molecule has 4 rings (SSSR count). The number of halogens is 2. The molecule has 8 heteroatoms. The topological polar surface area (TPSA) is 82.9 Å². The Labute approximate surface area is 221 Å². The number of carbonyl (C=O) groups is 1. The number of fused-ring (bicyclic) bond motifs is 1. The van der Waals surface area contributed by atoms with Gasteiger partial charge in [0.15, 0.2) is 0 Å². The fourth-order valence-electron chi connectivity index (χ4n) is 5.05. The molecule has 1 aromatic heterocycles. The highest BCUT2D eigenvalue weighted by atomic mass is 35.5. The van der Waals surface area contributed by atoms with E-state index in [9.17, 15) is 19.4 Å². The number of hydrogen-bond donors (Lipinski definition) is 2.